The van der Waals surface area contributed by atoms with Crippen LogP contribution < -0.4 is 0 Å². The van der Waals surface area contributed by atoms with Crippen LogP contribution in [0, 0.1) is 0 Å². The van der Waals surface area contributed by atoms with E-state index < -0.39 is 27.9 Å². The number of aromatic amines is 1. The SMILES string of the molecule is O=S(=O)(c1cc(-c2ncc(-c3ccc(C(F)(F)F)c(C4CC4)c3)[nH]2)ccc1Cl)N1C2CC[C@H]1CC(O)C2. The summed E-state index contributed by atoms with van der Waals surface area (Å²) in [5, 5.41) is 10.2. The maximum Gasteiger partial charge on any atom is 0.416 e. The van der Waals surface area contributed by atoms with Crippen LogP contribution in [0.1, 0.15) is 55.6 Å². The lowest BCUT2D eigenvalue weighted by Gasteiger charge is -2.36. The number of H-pyrrole nitrogens is 1. The molecule has 1 aliphatic carbocycles. The quantitative estimate of drug-likeness (QED) is 0.409. The Morgan fingerprint density at radius 2 is 1.68 bits per heavy atom. The summed E-state index contributed by atoms with van der Waals surface area (Å²) < 4.78 is 69.2. The fourth-order valence-corrected chi connectivity index (χ4v) is 8.19. The third kappa shape index (κ3) is 4.47. The van der Waals surface area contributed by atoms with E-state index in [1.54, 1.807) is 12.1 Å². The molecule has 1 aromatic heterocycles. The van der Waals surface area contributed by atoms with E-state index in [0.29, 0.717) is 53.9 Å². The number of aliphatic hydroxyl groups is 1. The molecule has 3 fully saturated rings. The number of benzene rings is 2. The third-order valence-corrected chi connectivity index (χ3v) is 10.1. The highest BCUT2D eigenvalue weighted by Gasteiger charge is 2.47. The summed E-state index contributed by atoms with van der Waals surface area (Å²) in [6, 6.07) is 8.23. The molecule has 2 unspecified atom stereocenters. The Morgan fingerprint density at radius 3 is 2.32 bits per heavy atom. The summed E-state index contributed by atoms with van der Waals surface area (Å²) in [5.41, 5.74) is 1.30. The van der Waals surface area contributed by atoms with Crippen molar-refractivity contribution >= 4 is 21.6 Å². The number of piperidine rings is 1. The average molecular weight is 552 g/mol. The highest BCUT2D eigenvalue weighted by molar-refractivity contribution is 7.89. The summed E-state index contributed by atoms with van der Waals surface area (Å²) in [7, 11) is -3.91. The maximum absolute atomic E-state index is 13.6. The van der Waals surface area contributed by atoms with Crippen molar-refractivity contribution in [2.45, 2.75) is 73.7 Å². The molecule has 11 heteroatoms. The normalized spacial score (nSPS) is 24.5. The second kappa shape index (κ2) is 8.83. The number of nitrogens with zero attached hydrogens (tertiary/aromatic N) is 2. The van der Waals surface area contributed by atoms with Gasteiger partial charge in [0.2, 0.25) is 10.0 Å². The number of fused-ring (bicyclic) bond motifs is 2. The Bertz CT molecular complexity index is 1460. The molecule has 196 valence electrons. The zero-order chi connectivity index (χ0) is 26.1. The summed E-state index contributed by atoms with van der Waals surface area (Å²) in [5.74, 6) is 0.294. The van der Waals surface area contributed by atoms with Crippen molar-refractivity contribution in [2.24, 2.45) is 0 Å². The minimum Gasteiger partial charge on any atom is -0.393 e. The predicted molar refractivity (Wildman–Crippen MR) is 133 cm³/mol. The lowest BCUT2D eigenvalue weighted by molar-refractivity contribution is -0.138. The minimum absolute atomic E-state index is 0.0246. The number of imidazole rings is 1. The van der Waals surface area contributed by atoms with Crippen LogP contribution in [0.15, 0.2) is 47.5 Å². The van der Waals surface area contributed by atoms with Gasteiger partial charge in [-0.15, -0.1) is 0 Å². The first kappa shape index (κ1) is 24.9. The topological polar surface area (TPSA) is 86.3 Å². The van der Waals surface area contributed by atoms with E-state index in [2.05, 4.69) is 9.97 Å². The summed E-state index contributed by atoms with van der Waals surface area (Å²) in [6.45, 7) is 0. The van der Waals surface area contributed by atoms with Crippen molar-refractivity contribution in [3.63, 3.8) is 0 Å². The van der Waals surface area contributed by atoms with Crippen LogP contribution in [-0.4, -0.2) is 46.0 Å². The van der Waals surface area contributed by atoms with Crippen molar-refractivity contribution < 1.29 is 26.7 Å². The fraction of sp³-hybridized carbons (Fsp3) is 0.423. The van der Waals surface area contributed by atoms with E-state index >= 15 is 0 Å². The molecule has 37 heavy (non-hydrogen) atoms. The molecule has 3 atom stereocenters. The van der Waals surface area contributed by atoms with Gasteiger partial charge in [-0.2, -0.15) is 17.5 Å². The van der Waals surface area contributed by atoms with Crippen LogP contribution in [0.3, 0.4) is 0 Å². The molecule has 0 radical (unpaired) electrons. The highest BCUT2D eigenvalue weighted by Crippen LogP contribution is 2.47. The van der Waals surface area contributed by atoms with Crippen molar-refractivity contribution in [2.75, 3.05) is 0 Å². The largest absolute Gasteiger partial charge is 0.416 e. The molecule has 2 N–H and O–H groups in total. The number of rotatable bonds is 5. The molecule has 2 aliphatic heterocycles. The molecule has 6 rings (SSSR count). The molecule has 0 amide bonds. The van der Waals surface area contributed by atoms with Crippen molar-refractivity contribution in [1.82, 2.24) is 14.3 Å². The van der Waals surface area contributed by atoms with Gasteiger partial charge in [0.1, 0.15) is 10.7 Å². The molecule has 2 aromatic carbocycles. The molecule has 3 aromatic rings. The van der Waals surface area contributed by atoms with Crippen LogP contribution in [-0.2, 0) is 16.2 Å². The molecule has 3 aliphatic rings. The van der Waals surface area contributed by atoms with Crippen LogP contribution in [0.25, 0.3) is 22.6 Å². The first-order valence-electron chi connectivity index (χ1n) is 12.3. The average Bonchev–Trinajstić information content (AvgIpc) is 3.49. The molecular weight excluding hydrogens is 527 g/mol. The Labute approximate surface area is 217 Å². The molecule has 2 saturated heterocycles. The van der Waals surface area contributed by atoms with Gasteiger partial charge in [-0.3, -0.25) is 0 Å². The van der Waals surface area contributed by atoms with Crippen LogP contribution in [0.4, 0.5) is 13.2 Å². The summed E-state index contributed by atoms with van der Waals surface area (Å²) in [4.78, 5) is 7.48. The molecule has 0 spiro atoms. The number of aromatic nitrogens is 2. The number of nitrogens with one attached hydrogen (secondary N) is 1. The Hall–Kier alpha value is -2.40. The zero-order valence-electron chi connectivity index (χ0n) is 19.7. The smallest absolute Gasteiger partial charge is 0.393 e. The van der Waals surface area contributed by atoms with Gasteiger partial charge in [-0.05, 0) is 85.9 Å². The van der Waals surface area contributed by atoms with E-state index in [1.165, 1.54) is 28.7 Å². The van der Waals surface area contributed by atoms with Gasteiger partial charge in [0.15, 0.2) is 0 Å². The molecule has 3 heterocycles. The monoisotopic (exact) mass is 551 g/mol. The minimum atomic E-state index is -4.41. The van der Waals surface area contributed by atoms with Crippen LogP contribution in [0.2, 0.25) is 5.02 Å². The fourth-order valence-electron chi connectivity index (χ4n) is 5.79. The van der Waals surface area contributed by atoms with Gasteiger partial charge in [0.05, 0.1) is 28.6 Å². The Balaban J connectivity index is 1.33. The summed E-state index contributed by atoms with van der Waals surface area (Å²) >= 11 is 6.36. The van der Waals surface area contributed by atoms with E-state index in [1.807, 2.05) is 0 Å². The first-order chi connectivity index (χ1) is 17.5. The Kier molecular flexibility index (Phi) is 5.94. The lowest BCUT2D eigenvalue weighted by Crippen LogP contribution is -2.47. The van der Waals surface area contributed by atoms with Crippen molar-refractivity contribution in [1.29, 1.82) is 0 Å². The van der Waals surface area contributed by atoms with Gasteiger partial charge in [-0.25, -0.2) is 13.4 Å². The number of hydrogen-bond donors (Lipinski definition) is 2. The van der Waals surface area contributed by atoms with Crippen molar-refractivity contribution in [3.8, 4) is 22.6 Å². The third-order valence-electron chi connectivity index (χ3n) is 7.66. The van der Waals surface area contributed by atoms with Crippen molar-refractivity contribution in [3.05, 3.63) is 58.7 Å². The number of sulfonamides is 1. The molecular formula is C26H25ClF3N3O3S. The maximum atomic E-state index is 13.6. The van der Waals surface area contributed by atoms with Gasteiger partial charge in [0.25, 0.3) is 0 Å². The van der Waals surface area contributed by atoms with Crippen LogP contribution in [0.5, 0.6) is 0 Å². The van der Waals surface area contributed by atoms with Gasteiger partial charge in [-0.1, -0.05) is 17.7 Å². The van der Waals surface area contributed by atoms with Gasteiger partial charge in [0, 0.05) is 17.6 Å². The highest BCUT2D eigenvalue weighted by atomic mass is 35.5. The van der Waals surface area contributed by atoms with E-state index in [9.17, 15) is 26.7 Å². The molecule has 6 nitrogen and oxygen atoms in total. The number of halogens is 4. The second-order valence-electron chi connectivity index (χ2n) is 10.2. The first-order valence-corrected chi connectivity index (χ1v) is 14.1. The number of alkyl halides is 3. The molecule has 2 bridgehead atoms. The van der Waals surface area contributed by atoms with E-state index in [0.717, 1.165) is 18.9 Å². The van der Waals surface area contributed by atoms with Crippen LogP contribution >= 0.6 is 11.6 Å². The lowest BCUT2D eigenvalue weighted by atomic mass is 9.98. The second-order valence-corrected chi connectivity index (χ2v) is 12.4. The van der Waals surface area contributed by atoms with E-state index in [-0.39, 0.29) is 27.9 Å². The zero-order valence-corrected chi connectivity index (χ0v) is 21.2. The summed E-state index contributed by atoms with van der Waals surface area (Å²) in [6.07, 6.45) is 0.316. The van der Waals surface area contributed by atoms with Gasteiger partial charge < -0.3 is 10.1 Å². The predicted octanol–water partition coefficient (Wildman–Crippen LogP) is 5.97. The number of aliphatic hydroxyl groups excluding tert-OH is 1. The standard InChI is InChI=1S/C26H25ClF3N3O3S/c27-22-8-4-16(10-24(22)37(35,36)33-17-5-6-18(33)12-19(34)11-17)25-31-13-23(32-25)15-3-7-21(26(28,29)30)20(9-15)14-1-2-14/h3-4,7-10,13-14,17-19,34H,1-2,5-6,11-12H2,(H,31,32)/t17-,18?,19?/m0/s1. The number of hydrogen-bond acceptors (Lipinski definition) is 4. The Morgan fingerprint density at radius 1 is 1.00 bits per heavy atom. The molecule has 1 saturated carbocycles. The van der Waals surface area contributed by atoms with Gasteiger partial charge >= 0.3 is 6.18 Å². The van der Waals surface area contributed by atoms with E-state index in [4.69, 9.17) is 11.6 Å².